The molecule has 4 atom stereocenters. The number of ether oxygens (including phenoxy) is 8. The number of anilines is 2. The van der Waals surface area contributed by atoms with Crippen molar-refractivity contribution in [3.05, 3.63) is 59.7 Å². The number of methoxy groups -OCH3 is 3. The molecule has 0 N–H and O–H groups in total. The molecule has 0 aliphatic carbocycles. The Morgan fingerprint density at radius 1 is 0.660 bits per heavy atom. The molecule has 0 spiro atoms. The SMILES string of the molecule is COC(CCN(CCC(COC=O)OC)c1ccc(Cc2ccc(N(CCC(COC=O)OC)CCC3COC(=O)O3)cc2)cc1)COC=O. The lowest BCUT2D eigenvalue weighted by Crippen LogP contribution is -2.33. The predicted molar refractivity (Wildman–Crippen MR) is 183 cm³/mol. The van der Waals surface area contributed by atoms with Crippen molar-refractivity contribution in [2.24, 2.45) is 0 Å². The van der Waals surface area contributed by atoms with Gasteiger partial charge in [0, 0.05) is 65.3 Å². The van der Waals surface area contributed by atoms with Gasteiger partial charge < -0.3 is 47.7 Å². The van der Waals surface area contributed by atoms with E-state index < -0.39 is 6.16 Å². The summed E-state index contributed by atoms with van der Waals surface area (Å²) in [6, 6.07) is 16.7. The first-order chi connectivity index (χ1) is 24.4. The van der Waals surface area contributed by atoms with Gasteiger partial charge in [-0.2, -0.15) is 0 Å². The van der Waals surface area contributed by atoms with Gasteiger partial charge in [-0.25, -0.2) is 4.79 Å². The van der Waals surface area contributed by atoms with Gasteiger partial charge in [0.2, 0.25) is 0 Å². The van der Waals surface area contributed by atoms with Crippen LogP contribution in [0.25, 0.3) is 0 Å². The molecule has 14 heteroatoms. The summed E-state index contributed by atoms with van der Waals surface area (Å²) in [4.78, 5) is 47.9. The van der Waals surface area contributed by atoms with Crippen molar-refractivity contribution >= 4 is 36.9 Å². The minimum absolute atomic E-state index is 0.172. The number of nitrogens with zero attached hydrogens (tertiary/aromatic N) is 2. The third kappa shape index (κ3) is 14.2. The lowest BCUT2D eigenvalue weighted by Gasteiger charge is -2.28. The topological polar surface area (TPSA) is 149 Å². The summed E-state index contributed by atoms with van der Waals surface area (Å²) in [5.41, 5.74) is 4.31. The highest BCUT2D eigenvalue weighted by molar-refractivity contribution is 5.61. The predicted octanol–water partition coefficient (Wildman–Crippen LogP) is 3.55. The van der Waals surface area contributed by atoms with Crippen LogP contribution in [0.15, 0.2) is 48.5 Å². The smallest absolute Gasteiger partial charge is 0.465 e. The highest BCUT2D eigenvalue weighted by Gasteiger charge is 2.25. The summed E-state index contributed by atoms with van der Waals surface area (Å²) < 4.78 is 41.4. The molecule has 1 fully saturated rings. The van der Waals surface area contributed by atoms with Crippen LogP contribution < -0.4 is 9.80 Å². The van der Waals surface area contributed by atoms with Crippen molar-refractivity contribution in [2.75, 3.05) is 83.7 Å². The number of carbonyl (C=O) groups is 4. The standard InChI is InChI=1S/C36H50N2O12/c1-43-32(21-46-25-39)12-16-37(17-13-33(44-2)22-47-26-40)30-8-4-28(5-9-30)20-29-6-10-31(11-7-29)38(18-14-34(45-3)23-48-27-41)19-15-35-24-49-36(42)50-35/h4-11,25-27,32-35H,12-24H2,1-3H3. The molecule has 14 nitrogen and oxygen atoms in total. The summed E-state index contributed by atoms with van der Waals surface area (Å²) in [5, 5.41) is 0. The van der Waals surface area contributed by atoms with E-state index in [1.165, 1.54) is 0 Å². The van der Waals surface area contributed by atoms with Gasteiger partial charge in [0.15, 0.2) is 0 Å². The average molecular weight is 703 g/mol. The molecule has 1 saturated heterocycles. The van der Waals surface area contributed by atoms with Gasteiger partial charge in [0.25, 0.3) is 19.4 Å². The van der Waals surface area contributed by atoms with Crippen LogP contribution in [0.4, 0.5) is 16.2 Å². The Kier molecular flexibility index (Phi) is 18.5. The molecule has 0 aromatic heterocycles. The summed E-state index contributed by atoms with van der Waals surface area (Å²) in [5.74, 6) is 0. The zero-order valence-corrected chi connectivity index (χ0v) is 29.1. The van der Waals surface area contributed by atoms with Gasteiger partial charge >= 0.3 is 6.16 Å². The van der Waals surface area contributed by atoms with E-state index >= 15 is 0 Å². The Bertz CT molecular complexity index is 1240. The second-order valence-corrected chi connectivity index (χ2v) is 11.8. The first-order valence-electron chi connectivity index (χ1n) is 16.7. The van der Waals surface area contributed by atoms with Crippen LogP contribution in [0.5, 0.6) is 0 Å². The first-order valence-corrected chi connectivity index (χ1v) is 16.7. The van der Waals surface area contributed by atoms with Crippen molar-refractivity contribution in [1.29, 1.82) is 0 Å². The molecule has 1 aliphatic rings. The van der Waals surface area contributed by atoms with Crippen molar-refractivity contribution in [3.63, 3.8) is 0 Å². The molecule has 0 bridgehead atoms. The Hall–Kier alpha value is -4.40. The molecule has 0 radical (unpaired) electrons. The van der Waals surface area contributed by atoms with E-state index in [1.807, 2.05) is 0 Å². The Balaban J connectivity index is 1.67. The number of hydrogen-bond donors (Lipinski definition) is 0. The van der Waals surface area contributed by atoms with Crippen LogP contribution in [0.1, 0.15) is 36.8 Å². The lowest BCUT2D eigenvalue weighted by molar-refractivity contribution is -0.133. The molecule has 2 aromatic rings. The molecular weight excluding hydrogens is 652 g/mol. The Labute approximate surface area is 293 Å². The van der Waals surface area contributed by atoms with Crippen molar-refractivity contribution in [3.8, 4) is 0 Å². The molecule has 4 unspecified atom stereocenters. The fraction of sp³-hybridized carbons (Fsp3) is 0.556. The summed E-state index contributed by atoms with van der Waals surface area (Å²) >= 11 is 0. The molecule has 50 heavy (non-hydrogen) atoms. The molecule has 276 valence electrons. The number of benzene rings is 2. The van der Waals surface area contributed by atoms with Crippen LogP contribution >= 0.6 is 0 Å². The number of hydrogen-bond acceptors (Lipinski definition) is 14. The molecule has 0 saturated carbocycles. The van der Waals surface area contributed by atoms with Crippen LogP contribution in [0, 0.1) is 0 Å². The largest absolute Gasteiger partial charge is 0.508 e. The van der Waals surface area contributed by atoms with Crippen molar-refractivity contribution in [2.45, 2.75) is 56.5 Å². The maximum absolute atomic E-state index is 11.4. The molecular formula is C36H50N2O12. The van der Waals surface area contributed by atoms with Gasteiger partial charge in [-0.3, -0.25) is 14.4 Å². The van der Waals surface area contributed by atoms with E-state index in [4.69, 9.17) is 37.9 Å². The van der Waals surface area contributed by atoms with Crippen LogP contribution in [-0.2, 0) is 58.7 Å². The van der Waals surface area contributed by atoms with E-state index in [2.05, 4.69) is 58.3 Å². The molecule has 1 aliphatic heterocycles. The third-order valence-corrected chi connectivity index (χ3v) is 8.60. The second kappa shape index (κ2) is 23.1. The summed E-state index contributed by atoms with van der Waals surface area (Å²) in [7, 11) is 4.77. The lowest BCUT2D eigenvalue weighted by atomic mass is 10.0. The normalized spacial score (nSPS) is 15.6. The average Bonchev–Trinajstić information content (AvgIpc) is 3.57. The molecule has 2 aromatic carbocycles. The van der Waals surface area contributed by atoms with E-state index in [0.717, 1.165) is 28.9 Å². The van der Waals surface area contributed by atoms with E-state index in [1.54, 1.807) is 21.3 Å². The van der Waals surface area contributed by atoms with Gasteiger partial charge in [-0.05, 0) is 61.1 Å². The Morgan fingerprint density at radius 3 is 1.40 bits per heavy atom. The fourth-order valence-corrected chi connectivity index (χ4v) is 5.58. The van der Waals surface area contributed by atoms with Crippen LogP contribution in [0.3, 0.4) is 0 Å². The third-order valence-electron chi connectivity index (χ3n) is 8.60. The zero-order valence-electron chi connectivity index (χ0n) is 29.1. The van der Waals surface area contributed by atoms with Crippen molar-refractivity contribution in [1.82, 2.24) is 0 Å². The van der Waals surface area contributed by atoms with E-state index in [9.17, 15) is 19.2 Å². The minimum atomic E-state index is -0.640. The number of carbonyl (C=O) groups excluding carboxylic acids is 4. The highest BCUT2D eigenvalue weighted by atomic mass is 16.8. The first kappa shape index (κ1) is 40.0. The monoisotopic (exact) mass is 702 g/mol. The van der Waals surface area contributed by atoms with Gasteiger partial charge in [-0.1, -0.05) is 24.3 Å². The van der Waals surface area contributed by atoms with Crippen molar-refractivity contribution < 1.29 is 57.1 Å². The highest BCUT2D eigenvalue weighted by Crippen LogP contribution is 2.23. The maximum Gasteiger partial charge on any atom is 0.508 e. The van der Waals surface area contributed by atoms with Gasteiger partial charge in [-0.15, -0.1) is 0 Å². The molecule has 1 heterocycles. The van der Waals surface area contributed by atoms with Crippen LogP contribution in [0.2, 0.25) is 0 Å². The molecule has 0 amide bonds. The minimum Gasteiger partial charge on any atom is -0.465 e. The number of rotatable bonds is 28. The Morgan fingerprint density at radius 2 is 1.06 bits per heavy atom. The maximum atomic E-state index is 11.4. The van der Waals surface area contributed by atoms with Gasteiger partial charge in [0.05, 0.1) is 18.3 Å². The van der Waals surface area contributed by atoms with Crippen LogP contribution in [-0.4, -0.2) is 124 Å². The second-order valence-electron chi connectivity index (χ2n) is 11.8. The fourth-order valence-electron chi connectivity index (χ4n) is 5.58. The quantitative estimate of drug-likeness (QED) is 0.0723. The van der Waals surface area contributed by atoms with Gasteiger partial charge in [0.1, 0.15) is 32.5 Å². The zero-order chi connectivity index (χ0) is 36.0. The summed E-state index contributed by atoms with van der Waals surface area (Å²) in [6.07, 6.45) is 1.57. The number of cyclic esters (lactones) is 2. The van der Waals surface area contributed by atoms with E-state index in [0.29, 0.717) is 71.3 Å². The van der Waals surface area contributed by atoms with E-state index in [-0.39, 0.29) is 50.8 Å². The molecule has 3 rings (SSSR count). The summed E-state index contributed by atoms with van der Waals surface area (Å²) in [6.45, 7) is 4.58.